The minimum absolute atomic E-state index is 0.0852. The van der Waals surface area contributed by atoms with Crippen molar-refractivity contribution in [3.05, 3.63) is 53.6 Å². The fraction of sp³-hybridized carbons (Fsp3) is 0.500. The number of carbonyl (C=O) groups excluding carboxylic acids is 2. The molecule has 0 radical (unpaired) electrons. The van der Waals surface area contributed by atoms with Crippen LogP contribution < -0.4 is 19.5 Å². The number of nitrogens with one attached hydrogen (secondary N) is 1. The van der Waals surface area contributed by atoms with Crippen molar-refractivity contribution in [2.24, 2.45) is 0 Å². The fourth-order valence-electron chi connectivity index (χ4n) is 4.60. The number of rotatable bonds is 12. The molecular weight excluding hydrogens is 480 g/mol. The highest BCUT2D eigenvalue weighted by Crippen LogP contribution is 2.34. The van der Waals surface area contributed by atoms with Crippen LogP contribution in [-0.2, 0) is 16.1 Å². The molecule has 36 heavy (non-hydrogen) atoms. The van der Waals surface area contributed by atoms with E-state index < -0.39 is 6.04 Å². The Balaban J connectivity index is 2.03. The van der Waals surface area contributed by atoms with Crippen LogP contribution in [0.5, 0.6) is 17.2 Å². The van der Waals surface area contributed by atoms with E-state index in [2.05, 4.69) is 5.32 Å². The zero-order valence-corrected chi connectivity index (χ0v) is 22.2. The van der Waals surface area contributed by atoms with Crippen molar-refractivity contribution in [3.8, 4) is 17.2 Å². The van der Waals surface area contributed by atoms with Crippen molar-refractivity contribution in [2.75, 3.05) is 26.7 Å². The summed E-state index contributed by atoms with van der Waals surface area (Å²) in [5.74, 6) is 0.895. The third-order valence-electron chi connectivity index (χ3n) is 6.44. The molecule has 0 heterocycles. The molecule has 1 saturated carbocycles. The third-order valence-corrected chi connectivity index (χ3v) is 6.67. The van der Waals surface area contributed by atoms with E-state index >= 15 is 0 Å². The Hall–Kier alpha value is -2.93. The van der Waals surface area contributed by atoms with Gasteiger partial charge in [-0.05, 0) is 43.0 Å². The summed E-state index contributed by atoms with van der Waals surface area (Å²) >= 11 is 6.06. The second kappa shape index (κ2) is 14.0. The van der Waals surface area contributed by atoms with Crippen LogP contribution in [0.4, 0.5) is 0 Å². The van der Waals surface area contributed by atoms with Crippen molar-refractivity contribution in [1.29, 1.82) is 0 Å². The molecule has 196 valence electrons. The van der Waals surface area contributed by atoms with Crippen LogP contribution in [0.15, 0.2) is 42.5 Å². The monoisotopic (exact) mass is 516 g/mol. The van der Waals surface area contributed by atoms with Gasteiger partial charge in [-0.1, -0.05) is 50.5 Å². The molecular formula is C28H37ClN2O5. The second-order valence-electron chi connectivity index (χ2n) is 8.97. The predicted octanol–water partition coefficient (Wildman–Crippen LogP) is 5.25. The highest BCUT2D eigenvalue weighted by Gasteiger charge is 2.34. The first kappa shape index (κ1) is 27.7. The Morgan fingerprint density at radius 2 is 1.75 bits per heavy atom. The van der Waals surface area contributed by atoms with Gasteiger partial charge in [0.25, 0.3) is 0 Å². The summed E-state index contributed by atoms with van der Waals surface area (Å²) in [5, 5.41) is 3.20. The van der Waals surface area contributed by atoms with Gasteiger partial charge in [-0.25, -0.2) is 0 Å². The number of amides is 2. The maximum atomic E-state index is 13.8. The number of nitrogens with zero attached hydrogens (tertiary/aromatic N) is 1. The number of hydrogen-bond donors (Lipinski definition) is 1. The van der Waals surface area contributed by atoms with Gasteiger partial charge in [0.15, 0.2) is 11.5 Å². The van der Waals surface area contributed by atoms with Crippen LogP contribution in [0.1, 0.15) is 62.6 Å². The number of halogens is 1. The topological polar surface area (TPSA) is 77.1 Å². The number of carbonyl (C=O) groups is 2. The van der Waals surface area contributed by atoms with E-state index in [4.69, 9.17) is 25.8 Å². The molecule has 2 aromatic rings. The van der Waals surface area contributed by atoms with E-state index in [9.17, 15) is 9.59 Å². The predicted molar refractivity (Wildman–Crippen MR) is 141 cm³/mol. The van der Waals surface area contributed by atoms with Gasteiger partial charge in [0.2, 0.25) is 11.8 Å². The molecule has 1 fully saturated rings. The molecule has 1 atom stereocenters. The number of hydrogen-bond acceptors (Lipinski definition) is 5. The lowest BCUT2D eigenvalue weighted by Gasteiger charge is -2.33. The molecule has 1 unspecified atom stereocenters. The molecule has 0 spiro atoms. The smallest absolute Gasteiger partial charge is 0.247 e. The molecule has 2 aromatic carbocycles. The van der Waals surface area contributed by atoms with Gasteiger partial charge in [0.05, 0.1) is 27.4 Å². The Morgan fingerprint density at radius 3 is 2.42 bits per heavy atom. The van der Waals surface area contributed by atoms with Crippen LogP contribution in [0.2, 0.25) is 0 Å². The van der Waals surface area contributed by atoms with E-state index in [1.54, 1.807) is 26.4 Å². The summed E-state index contributed by atoms with van der Waals surface area (Å²) in [6.07, 6.45) is 6.06. The summed E-state index contributed by atoms with van der Waals surface area (Å²) in [4.78, 5) is 28.5. The molecule has 0 bridgehead atoms. The quantitative estimate of drug-likeness (QED) is 0.390. The highest BCUT2D eigenvalue weighted by molar-refractivity contribution is 6.27. The average Bonchev–Trinajstić information content (AvgIpc) is 2.92. The van der Waals surface area contributed by atoms with Gasteiger partial charge >= 0.3 is 0 Å². The maximum Gasteiger partial charge on any atom is 0.247 e. The SMILES string of the molecule is CCCOc1ccc(C(C(=O)NC2CCCCC2)N(Cc2ccccc2OC)C(=O)CCl)cc1OC. The third kappa shape index (κ3) is 7.06. The largest absolute Gasteiger partial charge is 0.496 e. The molecule has 3 rings (SSSR count). The number of alkyl halides is 1. The van der Waals surface area contributed by atoms with Crippen molar-refractivity contribution in [3.63, 3.8) is 0 Å². The summed E-state index contributed by atoms with van der Waals surface area (Å²) in [6.45, 7) is 2.74. The van der Waals surface area contributed by atoms with E-state index in [0.717, 1.165) is 37.7 Å². The second-order valence-corrected chi connectivity index (χ2v) is 9.24. The lowest BCUT2D eigenvalue weighted by molar-refractivity contribution is -0.140. The lowest BCUT2D eigenvalue weighted by Crippen LogP contribution is -2.47. The van der Waals surface area contributed by atoms with Gasteiger partial charge in [0, 0.05) is 11.6 Å². The van der Waals surface area contributed by atoms with Crippen LogP contribution in [-0.4, -0.2) is 49.5 Å². The number of para-hydroxylation sites is 1. The van der Waals surface area contributed by atoms with E-state index in [1.807, 2.05) is 37.3 Å². The molecule has 0 aliphatic heterocycles. The first-order chi connectivity index (χ1) is 17.5. The summed E-state index contributed by atoms with van der Waals surface area (Å²) in [7, 11) is 3.14. The fourth-order valence-corrected chi connectivity index (χ4v) is 4.76. The summed E-state index contributed by atoms with van der Waals surface area (Å²) in [6, 6.07) is 12.0. The Kier molecular flexibility index (Phi) is 10.7. The van der Waals surface area contributed by atoms with Gasteiger partial charge in [-0.2, -0.15) is 0 Å². The van der Waals surface area contributed by atoms with Gasteiger partial charge in [0.1, 0.15) is 17.7 Å². The normalized spacial score (nSPS) is 14.6. The van der Waals surface area contributed by atoms with E-state index in [1.165, 1.54) is 11.3 Å². The maximum absolute atomic E-state index is 13.8. The van der Waals surface area contributed by atoms with Crippen LogP contribution in [0, 0.1) is 0 Å². The van der Waals surface area contributed by atoms with Gasteiger partial charge in [-0.15, -0.1) is 11.6 Å². The van der Waals surface area contributed by atoms with Gasteiger partial charge in [-0.3, -0.25) is 9.59 Å². The summed E-state index contributed by atoms with van der Waals surface area (Å²) < 4.78 is 16.9. The lowest BCUT2D eigenvalue weighted by atomic mass is 9.94. The van der Waals surface area contributed by atoms with E-state index in [-0.39, 0.29) is 30.3 Å². The van der Waals surface area contributed by atoms with Crippen LogP contribution >= 0.6 is 11.6 Å². The first-order valence-corrected chi connectivity index (χ1v) is 13.1. The molecule has 2 amide bonds. The number of methoxy groups -OCH3 is 2. The Labute approximate surface area is 219 Å². The first-order valence-electron chi connectivity index (χ1n) is 12.6. The molecule has 0 aromatic heterocycles. The molecule has 7 nitrogen and oxygen atoms in total. The van der Waals surface area contributed by atoms with E-state index in [0.29, 0.717) is 29.4 Å². The number of benzene rings is 2. The summed E-state index contributed by atoms with van der Waals surface area (Å²) in [5.41, 5.74) is 1.40. The van der Waals surface area contributed by atoms with Crippen LogP contribution in [0.3, 0.4) is 0 Å². The molecule has 0 saturated heterocycles. The average molecular weight is 517 g/mol. The molecule has 1 N–H and O–H groups in total. The highest BCUT2D eigenvalue weighted by atomic mass is 35.5. The minimum Gasteiger partial charge on any atom is -0.496 e. The zero-order valence-electron chi connectivity index (χ0n) is 21.4. The van der Waals surface area contributed by atoms with Crippen molar-refractivity contribution < 1.29 is 23.8 Å². The van der Waals surface area contributed by atoms with Crippen molar-refractivity contribution >= 4 is 23.4 Å². The van der Waals surface area contributed by atoms with Crippen molar-refractivity contribution in [1.82, 2.24) is 10.2 Å². The zero-order chi connectivity index (χ0) is 25.9. The van der Waals surface area contributed by atoms with Crippen LogP contribution in [0.25, 0.3) is 0 Å². The Bertz CT molecular complexity index is 1010. The Morgan fingerprint density at radius 1 is 1.03 bits per heavy atom. The minimum atomic E-state index is -0.905. The van der Waals surface area contributed by atoms with Crippen molar-refractivity contribution in [2.45, 2.75) is 64.1 Å². The molecule has 8 heteroatoms. The standard InChI is InChI=1S/C28H37ClN2O5/c1-4-16-36-24-15-14-20(17-25(24)35-3)27(28(33)30-22-11-6-5-7-12-22)31(26(32)18-29)19-21-10-8-9-13-23(21)34-2/h8-10,13-15,17,22,27H,4-7,11-12,16,18-19H2,1-3H3,(H,30,33). The van der Waals surface area contributed by atoms with Gasteiger partial charge < -0.3 is 24.4 Å². The number of ether oxygens (including phenoxy) is 3. The molecule has 1 aliphatic rings. The molecule has 1 aliphatic carbocycles.